The summed E-state index contributed by atoms with van der Waals surface area (Å²) < 4.78 is 0. The van der Waals surface area contributed by atoms with Crippen LogP contribution in [0.2, 0.25) is 0 Å². The summed E-state index contributed by atoms with van der Waals surface area (Å²) in [6, 6.07) is 22.5. The summed E-state index contributed by atoms with van der Waals surface area (Å²) in [5.41, 5.74) is 8.65. The zero-order valence-corrected chi connectivity index (χ0v) is 25.7. The molecule has 1 fully saturated rings. The Balaban J connectivity index is 1.20. The van der Waals surface area contributed by atoms with Gasteiger partial charge in [0, 0.05) is 52.1 Å². The molecule has 1 aromatic heterocycles. The van der Waals surface area contributed by atoms with E-state index in [1.807, 2.05) is 0 Å². The lowest BCUT2D eigenvalue weighted by atomic mass is 9.69. The van der Waals surface area contributed by atoms with Gasteiger partial charge >= 0.3 is 0 Å². The predicted octanol–water partition coefficient (Wildman–Crippen LogP) is 8.28. The smallest absolute Gasteiger partial charge is 0.231 e. The summed E-state index contributed by atoms with van der Waals surface area (Å²) in [5.74, 6) is 2.60. The van der Waals surface area contributed by atoms with Crippen LogP contribution in [-0.2, 0) is 6.42 Å². The van der Waals surface area contributed by atoms with Crippen LogP contribution in [-0.4, -0.2) is 28.1 Å². The molecular formula is C42H36N4. The van der Waals surface area contributed by atoms with E-state index in [4.69, 9.17) is 9.97 Å². The Hall–Kier alpha value is -4.96. The number of rotatable bonds is 3. The lowest BCUT2D eigenvalue weighted by Gasteiger charge is -2.44. The van der Waals surface area contributed by atoms with E-state index in [1.54, 1.807) is 0 Å². The highest BCUT2D eigenvalue weighted by Crippen LogP contribution is 2.56. The second-order valence-corrected chi connectivity index (χ2v) is 13.5. The van der Waals surface area contributed by atoms with Gasteiger partial charge < -0.3 is 9.80 Å². The van der Waals surface area contributed by atoms with Gasteiger partial charge in [0.1, 0.15) is 0 Å². The van der Waals surface area contributed by atoms with Gasteiger partial charge in [-0.3, -0.25) is 0 Å². The maximum absolute atomic E-state index is 5.54. The molecule has 10 rings (SSSR count). The van der Waals surface area contributed by atoms with Crippen LogP contribution in [0.15, 0.2) is 151 Å². The zero-order valence-electron chi connectivity index (χ0n) is 25.7. The molecule has 7 aliphatic rings. The van der Waals surface area contributed by atoms with Crippen LogP contribution in [0.5, 0.6) is 0 Å². The second kappa shape index (κ2) is 10.3. The third kappa shape index (κ3) is 3.79. The zero-order chi connectivity index (χ0) is 30.2. The molecule has 0 bridgehead atoms. The molecule has 0 amide bonds. The van der Waals surface area contributed by atoms with E-state index in [1.165, 1.54) is 22.5 Å². The molecule has 1 saturated heterocycles. The number of allylic oxidation sites excluding steroid dienone is 9. The molecule has 0 saturated carbocycles. The number of nitrogens with zero attached hydrogens (tertiary/aromatic N) is 4. The second-order valence-electron chi connectivity index (χ2n) is 13.5. The first kappa shape index (κ1) is 26.3. The average Bonchev–Trinajstić information content (AvgIpc) is 3.65. The van der Waals surface area contributed by atoms with E-state index in [0.29, 0.717) is 29.7 Å². The molecule has 0 spiro atoms. The Bertz CT molecular complexity index is 1960. The highest BCUT2D eigenvalue weighted by atomic mass is 15.4. The fourth-order valence-corrected chi connectivity index (χ4v) is 9.45. The van der Waals surface area contributed by atoms with Gasteiger partial charge in [-0.25, -0.2) is 9.97 Å². The first-order chi connectivity index (χ1) is 22.8. The summed E-state index contributed by atoms with van der Waals surface area (Å²) in [6.45, 7) is 0. The van der Waals surface area contributed by atoms with Gasteiger partial charge in [0.25, 0.3) is 0 Å². The van der Waals surface area contributed by atoms with Crippen molar-refractivity contribution in [2.24, 2.45) is 29.6 Å². The average molecular weight is 597 g/mol. The SMILES string of the molecule is C1=CC2C=CC3=C(C2C=C1)C1C=CC2C4C=CC=CC4N(c4ccccc4)C2C1N3c1nc2c(c(-c3ccccc3)n1)CCC=C2. The van der Waals surface area contributed by atoms with E-state index < -0.39 is 0 Å². The molecule has 0 N–H and O–H groups in total. The number of hydrogen-bond donors (Lipinski definition) is 0. The minimum Gasteiger partial charge on any atom is -0.359 e. The summed E-state index contributed by atoms with van der Waals surface area (Å²) in [4.78, 5) is 16.3. The van der Waals surface area contributed by atoms with Gasteiger partial charge in [-0.1, -0.05) is 121 Å². The van der Waals surface area contributed by atoms with Crippen LogP contribution in [0.4, 0.5) is 11.6 Å². The van der Waals surface area contributed by atoms with E-state index in [-0.39, 0.29) is 18.0 Å². The molecule has 8 unspecified atom stereocenters. The summed E-state index contributed by atoms with van der Waals surface area (Å²) >= 11 is 0. The minimum absolute atomic E-state index is 0.157. The first-order valence-corrected chi connectivity index (χ1v) is 16.9. The van der Waals surface area contributed by atoms with Crippen molar-refractivity contribution in [1.82, 2.24) is 9.97 Å². The van der Waals surface area contributed by atoms with Crippen LogP contribution < -0.4 is 9.80 Å². The molecule has 46 heavy (non-hydrogen) atoms. The third-order valence-electron chi connectivity index (χ3n) is 11.3. The Kier molecular flexibility index (Phi) is 5.87. The van der Waals surface area contributed by atoms with Crippen LogP contribution in [0.1, 0.15) is 17.7 Å². The van der Waals surface area contributed by atoms with Crippen molar-refractivity contribution < 1.29 is 0 Å². The molecule has 2 aliphatic heterocycles. The maximum atomic E-state index is 5.54. The fraction of sp³-hybridized carbons (Fsp3) is 0.238. The van der Waals surface area contributed by atoms with E-state index in [9.17, 15) is 0 Å². The standard InChI is InChI=1S/C42H36N4/c1-3-14-28(15-4-1)39-33-20-9-11-21-35(33)43-42(44-39)46-37-26-23-27-13-7-8-18-30(27)38(37)34-25-24-32-31-19-10-12-22-36(31)45(40(32)41(34)46)29-16-5-2-6-17-29/h1-8,10-19,21-27,30-32,34,36,40-41H,9,20H2. The Morgan fingerprint density at radius 3 is 2.35 bits per heavy atom. The molecule has 224 valence electrons. The van der Waals surface area contributed by atoms with Crippen molar-refractivity contribution in [2.45, 2.75) is 31.0 Å². The summed E-state index contributed by atoms with van der Waals surface area (Å²) in [5, 5.41) is 0. The monoisotopic (exact) mass is 596 g/mol. The normalized spacial score (nSPS) is 32.3. The van der Waals surface area contributed by atoms with Gasteiger partial charge in [-0.15, -0.1) is 0 Å². The number of benzene rings is 2. The van der Waals surface area contributed by atoms with Crippen molar-refractivity contribution in [1.29, 1.82) is 0 Å². The lowest BCUT2D eigenvalue weighted by Crippen LogP contribution is -2.55. The molecule has 0 radical (unpaired) electrons. The third-order valence-corrected chi connectivity index (χ3v) is 11.3. The van der Waals surface area contributed by atoms with E-state index >= 15 is 0 Å². The first-order valence-electron chi connectivity index (χ1n) is 16.9. The Morgan fingerprint density at radius 2 is 1.46 bits per heavy atom. The van der Waals surface area contributed by atoms with Crippen molar-refractivity contribution >= 4 is 17.7 Å². The van der Waals surface area contributed by atoms with Gasteiger partial charge in [-0.2, -0.15) is 0 Å². The Morgan fingerprint density at radius 1 is 0.652 bits per heavy atom. The molecule has 5 aliphatic carbocycles. The fourth-order valence-electron chi connectivity index (χ4n) is 9.45. The van der Waals surface area contributed by atoms with Crippen molar-refractivity contribution in [2.75, 3.05) is 9.80 Å². The largest absolute Gasteiger partial charge is 0.359 e. The van der Waals surface area contributed by atoms with Gasteiger partial charge in [0.05, 0.1) is 29.5 Å². The molecular weight excluding hydrogens is 560 g/mol. The number of anilines is 2. The topological polar surface area (TPSA) is 32.3 Å². The lowest BCUT2D eigenvalue weighted by molar-refractivity contribution is 0.367. The number of hydrogen-bond acceptors (Lipinski definition) is 4. The maximum Gasteiger partial charge on any atom is 0.231 e. The summed E-state index contributed by atoms with van der Waals surface area (Å²) in [6.07, 6.45) is 35.0. The van der Waals surface area contributed by atoms with E-state index in [2.05, 4.69) is 156 Å². The molecule has 8 atom stereocenters. The minimum atomic E-state index is 0.157. The van der Waals surface area contributed by atoms with Crippen LogP contribution in [0, 0.1) is 29.6 Å². The van der Waals surface area contributed by atoms with Crippen LogP contribution in [0.3, 0.4) is 0 Å². The van der Waals surface area contributed by atoms with Crippen LogP contribution >= 0.6 is 0 Å². The summed E-state index contributed by atoms with van der Waals surface area (Å²) in [7, 11) is 0. The molecule has 4 heteroatoms. The highest BCUT2D eigenvalue weighted by molar-refractivity contribution is 5.73. The molecule has 3 aromatic rings. The van der Waals surface area contributed by atoms with E-state index in [0.717, 1.165) is 35.7 Å². The predicted molar refractivity (Wildman–Crippen MR) is 187 cm³/mol. The highest BCUT2D eigenvalue weighted by Gasteiger charge is 2.58. The van der Waals surface area contributed by atoms with Gasteiger partial charge in [-0.05, 0) is 42.7 Å². The van der Waals surface area contributed by atoms with Crippen molar-refractivity contribution in [3.05, 3.63) is 162 Å². The van der Waals surface area contributed by atoms with Crippen molar-refractivity contribution in [3.63, 3.8) is 0 Å². The van der Waals surface area contributed by atoms with Gasteiger partial charge in [0.15, 0.2) is 0 Å². The van der Waals surface area contributed by atoms with Crippen LogP contribution in [0.25, 0.3) is 17.3 Å². The molecule has 3 heterocycles. The quantitative estimate of drug-likeness (QED) is 0.285. The Labute approximate surface area is 270 Å². The van der Waals surface area contributed by atoms with Crippen molar-refractivity contribution in [3.8, 4) is 11.3 Å². The number of para-hydroxylation sites is 1. The molecule has 2 aromatic carbocycles. The van der Waals surface area contributed by atoms with Gasteiger partial charge in [0.2, 0.25) is 5.95 Å². The number of aromatic nitrogens is 2. The molecule has 4 nitrogen and oxygen atoms in total. The number of fused-ring (bicyclic) bond motifs is 9.